The van der Waals surface area contributed by atoms with Gasteiger partial charge in [0.05, 0.1) is 5.69 Å². The third-order valence-corrected chi connectivity index (χ3v) is 4.45. The SMILES string of the molecule is CC(=O)N1c2ccccc2O[C@H](Br)[C@H]1Br. The molecule has 0 bridgehead atoms. The number of hydrogen-bond acceptors (Lipinski definition) is 2. The molecular formula is C10H9Br2NO2. The average Bonchev–Trinajstić information content (AvgIpc) is 2.19. The van der Waals surface area contributed by atoms with Gasteiger partial charge in [0, 0.05) is 6.92 Å². The molecule has 15 heavy (non-hydrogen) atoms. The van der Waals surface area contributed by atoms with Crippen molar-refractivity contribution < 1.29 is 9.53 Å². The van der Waals surface area contributed by atoms with Gasteiger partial charge in [-0.3, -0.25) is 9.69 Å². The van der Waals surface area contributed by atoms with Gasteiger partial charge < -0.3 is 4.74 Å². The van der Waals surface area contributed by atoms with Crippen molar-refractivity contribution in [2.24, 2.45) is 0 Å². The predicted molar refractivity (Wildman–Crippen MR) is 65.7 cm³/mol. The maximum Gasteiger partial charge on any atom is 0.225 e. The normalized spacial score (nSPS) is 24.3. The second-order valence-corrected chi connectivity index (χ2v) is 5.04. The van der Waals surface area contributed by atoms with Gasteiger partial charge in [-0.15, -0.1) is 0 Å². The Hall–Kier alpha value is -0.550. The van der Waals surface area contributed by atoms with Crippen LogP contribution in [0, 0.1) is 0 Å². The smallest absolute Gasteiger partial charge is 0.225 e. The summed E-state index contributed by atoms with van der Waals surface area (Å²) in [4.78, 5) is 13.0. The van der Waals surface area contributed by atoms with Gasteiger partial charge in [0.1, 0.15) is 10.7 Å². The monoisotopic (exact) mass is 333 g/mol. The molecule has 1 aromatic carbocycles. The molecule has 0 aromatic heterocycles. The highest BCUT2D eigenvalue weighted by molar-refractivity contribution is 9.12. The number of nitrogens with zero attached hydrogens (tertiary/aromatic N) is 1. The van der Waals surface area contributed by atoms with Gasteiger partial charge in [0.25, 0.3) is 0 Å². The van der Waals surface area contributed by atoms with E-state index >= 15 is 0 Å². The van der Waals surface area contributed by atoms with Crippen LogP contribution in [0.1, 0.15) is 6.92 Å². The van der Waals surface area contributed by atoms with Crippen LogP contribution in [0.25, 0.3) is 0 Å². The van der Waals surface area contributed by atoms with Gasteiger partial charge in [-0.25, -0.2) is 0 Å². The molecule has 1 aliphatic heterocycles. The Balaban J connectivity index is 2.49. The van der Waals surface area contributed by atoms with Crippen molar-refractivity contribution >= 4 is 43.5 Å². The maximum atomic E-state index is 11.5. The Kier molecular flexibility index (Phi) is 3.02. The molecule has 5 heteroatoms. The lowest BCUT2D eigenvalue weighted by Gasteiger charge is -2.36. The zero-order chi connectivity index (χ0) is 11.0. The van der Waals surface area contributed by atoms with Crippen molar-refractivity contribution in [1.29, 1.82) is 0 Å². The maximum absolute atomic E-state index is 11.5. The third-order valence-electron chi connectivity index (χ3n) is 2.17. The molecule has 3 nitrogen and oxygen atoms in total. The van der Waals surface area contributed by atoms with E-state index < -0.39 is 0 Å². The number of carbonyl (C=O) groups is 1. The Morgan fingerprint density at radius 1 is 1.40 bits per heavy atom. The summed E-state index contributed by atoms with van der Waals surface area (Å²) in [6, 6.07) is 7.47. The summed E-state index contributed by atoms with van der Waals surface area (Å²) < 4.78 is 5.60. The molecule has 0 N–H and O–H groups in total. The molecule has 0 saturated carbocycles. The summed E-state index contributed by atoms with van der Waals surface area (Å²) in [6.45, 7) is 1.54. The molecule has 2 rings (SSSR count). The van der Waals surface area contributed by atoms with Crippen molar-refractivity contribution in [2.45, 2.75) is 16.9 Å². The first-order valence-electron chi connectivity index (χ1n) is 4.45. The lowest BCUT2D eigenvalue weighted by Crippen LogP contribution is -2.45. The summed E-state index contributed by atoms with van der Waals surface area (Å²) in [7, 11) is 0. The summed E-state index contributed by atoms with van der Waals surface area (Å²) in [5.41, 5.74) is 0.794. The van der Waals surface area contributed by atoms with E-state index in [1.54, 1.807) is 4.90 Å². The highest BCUT2D eigenvalue weighted by Crippen LogP contribution is 2.39. The van der Waals surface area contributed by atoms with Crippen molar-refractivity contribution in [1.82, 2.24) is 0 Å². The van der Waals surface area contributed by atoms with E-state index in [0.29, 0.717) is 5.75 Å². The minimum absolute atomic E-state index is 0.0166. The number of halogens is 2. The van der Waals surface area contributed by atoms with E-state index in [9.17, 15) is 4.79 Å². The van der Waals surface area contributed by atoms with Gasteiger partial charge in [0.2, 0.25) is 5.91 Å². The van der Waals surface area contributed by atoms with E-state index in [4.69, 9.17) is 4.74 Å². The van der Waals surface area contributed by atoms with E-state index in [1.807, 2.05) is 24.3 Å². The van der Waals surface area contributed by atoms with Gasteiger partial charge >= 0.3 is 0 Å². The first-order chi connectivity index (χ1) is 7.11. The highest BCUT2D eigenvalue weighted by Gasteiger charge is 2.34. The molecule has 0 spiro atoms. The van der Waals surface area contributed by atoms with Crippen LogP contribution in [0.5, 0.6) is 5.75 Å². The highest BCUT2D eigenvalue weighted by atomic mass is 79.9. The number of anilines is 1. The quantitative estimate of drug-likeness (QED) is 0.539. The number of rotatable bonds is 0. The Labute approximate surface area is 105 Å². The third kappa shape index (κ3) is 1.90. The van der Waals surface area contributed by atoms with Crippen LogP contribution in [-0.2, 0) is 4.79 Å². The average molecular weight is 335 g/mol. The molecule has 80 valence electrons. The number of fused-ring (bicyclic) bond motifs is 1. The molecule has 1 heterocycles. The van der Waals surface area contributed by atoms with E-state index in [2.05, 4.69) is 31.9 Å². The van der Waals surface area contributed by atoms with Crippen LogP contribution in [0.4, 0.5) is 5.69 Å². The number of amides is 1. The van der Waals surface area contributed by atoms with Crippen LogP contribution in [0.2, 0.25) is 0 Å². The van der Waals surface area contributed by atoms with Gasteiger partial charge in [-0.05, 0) is 28.1 Å². The Morgan fingerprint density at radius 2 is 2.07 bits per heavy atom. The lowest BCUT2D eigenvalue weighted by molar-refractivity contribution is -0.117. The first kappa shape index (κ1) is 11.0. The number of alkyl halides is 2. The number of carbonyl (C=O) groups excluding carboxylic acids is 1. The van der Waals surface area contributed by atoms with E-state index in [0.717, 1.165) is 5.69 Å². The summed E-state index contributed by atoms with van der Waals surface area (Å²) >= 11 is 6.79. The molecule has 1 amide bonds. The fourth-order valence-corrected chi connectivity index (χ4v) is 2.58. The molecule has 1 aliphatic rings. The Bertz CT molecular complexity index is 397. The topological polar surface area (TPSA) is 29.5 Å². The van der Waals surface area contributed by atoms with Crippen LogP contribution in [0.15, 0.2) is 24.3 Å². The standard InChI is InChI=1S/C10H9Br2NO2/c1-6(14)13-7-4-2-3-5-8(7)15-10(12)9(13)11/h2-5,9-10H,1H3/t9-,10-/m0/s1. The van der Waals surface area contributed by atoms with Crippen molar-refractivity contribution in [2.75, 3.05) is 4.90 Å². The molecule has 0 unspecified atom stereocenters. The zero-order valence-electron chi connectivity index (χ0n) is 7.98. The van der Waals surface area contributed by atoms with Gasteiger partial charge in [-0.2, -0.15) is 0 Å². The molecule has 0 saturated heterocycles. The molecule has 0 fully saturated rings. The summed E-state index contributed by atoms with van der Waals surface area (Å²) in [5.74, 6) is 0.697. The van der Waals surface area contributed by atoms with Crippen molar-refractivity contribution in [3.63, 3.8) is 0 Å². The number of para-hydroxylation sites is 2. The summed E-state index contributed by atoms with van der Waals surface area (Å²) in [6.07, 6.45) is 0. The minimum atomic E-state index is -0.240. The molecule has 0 aliphatic carbocycles. The fourth-order valence-electron chi connectivity index (χ4n) is 1.53. The number of benzene rings is 1. The van der Waals surface area contributed by atoms with Crippen LogP contribution < -0.4 is 9.64 Å². The van der Waals surface area contributed by atoms with Gasteiger partial charge in [-0.1, -0.05) is 28.1 Å². The molecular weight excluding hydrogens is 326 g/mol. The second kappa shape index (κ2) is 4.14. The first-order valence-corrected chi connectivity index (χ1v) is 6.28. The second-order valence-electron chi connectivity index (χ2n) is 3.20. The number of ether oxygens (including phenoxy) is 1. The molecule has 1 aromatic rings. The number of hydrogen-bond donors (Lipinski definition) is 0. The summed E-state index contributed by atoms with van der Waals surface area (Å²) in [5, 5.41) is -0.240. The van der Waals surface area contributed by atoms with Crippen LogP contribution in [0.3, 0.4) is 0 Å². The zero-order valence-corrected chi connectivity index (χ0v) is 11.2. The van der Waals surface area contributed by atoms with Crippen LogP contribution >= 0.6 is 31.9 Å². The van der Waals surface area contributed by atoms with Crippen molar-refractivity contribution in [3.8, 4) is 5.75 Å². The van der Waals surface area contributed by atoms with E-state index in [-0.39, 0.29) is 15.9 Å². The van der Waals surface area contributed by atoms with Crippen LogP contribution in [-0.4, -0.2) is 15.9 Å². The predicted octanol–water partition coefficient (Wildman–Crippen LogP) is 2.87. The van der Waals surface area contributed by atoms with Crippen molar-refractivity contribution in [3.05, 3.63) is 24.3 Å². The molecule has 2 atom stereocenters. The minimum Gasteiger partial charge on any atom is -0.474 e. The lowest BCUT2D eigenvalue weighted by atomic mass is 10.2. The van der Waals surface area contributed by atoms with E-state index in [1.165, 1.54) is 6.92 Å². The molecule has 0 radical (unpaired) electrons. The largest absolute Gasteiger partial charge is 0.474 e. The van der Waals surface area contributed by atoms with Gasteiger partial charge in [0.15, 0.2) is 5.01 Å². The fraction of sp³-hybridized carbons (Fsp3) is 0.300. The Morgan fingerprint density at radius 3 is 2.73 bits per heavy atom.